The molecule has 19 heavy (non-hydrogen) atoms. The van der Waals surface area contributed by atoms with Crippen molar-refractivity contribution in [3.8, 4) is 0 Å². The Labute approximate surface area is 115 Å². The van der Waals surface area contributed by atoms with Crippen LogP contribution in [0, 0.1) is 0 Å². The van der Waals surface area contributed by atoms with Crippen LogP contribution in [0.5, 0.6) is 0 Å². The minimum atomic E-state index is 0.253. The Morgan fingerprint density at radius 2 is 2.00 bits per heavy atom. The van der Waals surface area contributed by atoms with Crippen LogP contribution in [0.25, 0.3) is 10.9 Å². The molecule has 2 rings (SSSR count). The lowest BCUT2D eigenvalue weighted by Gasteiger charge is -2.30. The van der Waals surface area contributed by atoms with Crippen LogP contribution in [0.3, 0.4) is 0 Å². The van der Waals surface area contributed by atoms with Crippen molar-refractivity contribution in [2.45, 2.75) is 26.3 Å². The zero-order valence-corrected chi connectivity index (χ0v) is 11.8. The molecule has 0 aliphatic heterocycles. The van der Waals surface area contributed by atoms with Crippen molar-refractivity contribution in [2.75, 3.05) is 19.6 Å². The van der Waals surface area contributed by atoms with Gasteiger partial charge in [0.2, 0.25) is 0 Å². The first-order chi connectivity index (χ1) is 9.31. The van der Waals surface area contributed by atoms with Gasteiger partial charge in [-0.05, 0) is 31.1 Å². The van der Waals surface area contributed by atoms with Crippen LogP contribution in [0.1, 0.15) is 31.9 Å². The maximum Gasteiger partial charge on any atom is 0.0750 e. The molecule has 0 saturated heterocycles. The summed E-state index contributed by atoms with van der Waals surface area (Å²) >= 11 is 0. The van der Waals surface area contributed by atoms with Crippen molar-refractivity contribution in [3.63, 3.8) is 0 Å². The molecule has 2 N–H and O–H groups in total. The van der Waals surface area contributed by atoms with E-state index >= 15 is 0 Å². The summed E-state index contributed by atoms with van der Waals surface area (Å²) in [7, 11) is 0. The lowest BCUT2D eigenvalue weighted by Crippen LogP contribution is -2.34. The van der Waals surface area contributed by atoms with Gasteiger partial charge in [-0.25, -0.2) is 0 Å². The second kappa shape index (κ2) is 6.64. The minimum Gasteiger partial charge on any atom is -0.329 e. The Kier molecular flexibility index (Phi) is 4.88. The van der Waals surface area contributed by atoms with Gasteiger partial charge in [-0.1, -0.05) is 38.1 Å². The van der Waals surface area contributed by atoms with E-state index < -0.39 is 0 Å². The molecule has 1 aromatic heterocycles. The second-order valence-electron chi connectivity index (χ2n) is 4.80. The molecule has 0 amide bonds. The Balaban J connectivity index is 2.45. The van der Waals surface area contributed by atoms with Gasteiger partial charge in [-0.2, -0.15) is 0 Å². The number of nitrogens with zero attached hydrogens (tertiary/aromatic N) is 2. The highest BCUT2D eigenvalue weighted by atomic mass is 15.2. The number of rotatable bonds is 6. The molecule has 0 bridgehead atoms. The fourth-order valence-corrected chi connectivity index (χ4v) is 2.69. The third-order valence-electron chi connectivity index (χ3n) is 3.60. The van der Waals surface area contributed by atoms with Crippen molar-refractivity contribution in [1.29, 1.82) is 0 Å². The number of para-hydroxylation sites is 1. The molecule has 0 fully saturated rings. The molecule has 1 unspecified atom stereocenters. The summed E-state index contributed by atoms with van der Waals surface area (Å²) in [6, 6.07) is 10.7. The van der Waals surface area contributed by atoms with E-state index in [1.807, 2.05) is 12.3 Å². The van der Waals surface area contributed by atoms with Crippen LogP contribution >= 0.6 is 0 Å². The van der Waals surface area contributed by atoms with Crippen LogP contribution in [0.2, 0.25) is 0 Å². The summed E-state index contributed by atoms with van der Waals surface area (Å²) < 4.78 is 0. The summed E-state index contributed by atoms with van der Waals surface area (Å²) in [6.45, 7) is 7.11. The molecule has 0 spiro atoms. The van der Waals surface area contributed by atoms with E-state index in [0.717, 1.165) is 25.0 Å². The molecule has 0 saturated carbocycles. The average molecular weight is 257 g/mol. The number of benzene rings is 1. The molecule has 2 aromatic rings. The minimum absolute atomic E-state index is 0.253. The van der Waals surface area contributed by atoms with Gasteiger partial charge in [0.05, 0.1) is 5.52 Å². The second-order valence-corrected chi connectivity index (χ2v) is 4.80. The fourth-order valence-electron chi connectivity index (χ4n) is 2.69. The van der Waals surface area contributed by atoms with Gasteiger partial charge in [-0.3, -0.25) is 9.88 Å². The summed E-state index contributed by atoms with van der Waals surface area (Å²) in [6.07, 6.45) is 3.00. The van der Waals surface area contributed by atoms with Gasteiger partial charge in [0.15, 0.2) is 0 Å². The number of aromatic nitrogens is 1. The molecular formula is C16H23N3. The third kappa shape index (κ3) is 2.94. The van der Waals surface area contributed by atoms with E-state index in [2.05, 4.69) is 48.0 Å². The number of nitrogens with two attached hydrogens (primary N) is 1. The Morgan fingerprint density at radius 1 is 1.21 bits per heavy atom. The van der Waals surface area contributed by atoms with E-state index in [4.69, 9.17) is 5.73 Å². The van der Waals surface area contributed by atoms with Gasteiger partial charge in [0.25, 0.3) is 0 Å². The fraction of sp³-hybridized carbons (Fsp3) is 0.438. The summed E-state index contributed by atoms with van der Waals surface area (Å²) in [5, 5.41) is 1.19. The molecule has 1 aromatic carbocycles. The molecule has 0 radical (unpaired) electrons. The van der Waals surface area contributed by atoms with Gasteiger partial charge in [-0.15, -0.1) is 0 Å². The number of pyridine rings is 1. The lowest BCUT2D eigenvalue weighted by atomic mass is 10.0. The zero-order chi connectivity index (χ0) is 13.7. The number of hydrogen-bond donors (Lipinski definition) is 1. The summed E-state index contributed by atoms with van der Waals surface area (Å²) in [5.41, 5.74) is 8.36. The topological polar surface area (TPSA) is 42.1 Å². The van der Waals surface area contributed by atoms with E-state index in [0.29, 0.717) is 6.54 Å². The summed E-state index contributed by atoms with van der Waals surface area (Å²) in [4.78, 5) is 6.98. The van der Waals surface area contributed by atoms with Crippen molar-refractivity contribution < 1.29 is 0 Å². The molecule has 3 nitrogen and oxygen atoms in total. The van der Waals surface area contributed by atoms with Gasteiger partial charge in [0, 0.05) is 24.2 Å². The number of fused-ring (bicyclic) bond motifs is 1. The molecule has 0 aliphatic carbocycles. The molecule has 1 atom stereocenters. The van der Waals surface area contributed by atoms with Crippen molar-refractivity contribution >= 4 is 10.9 Å². The van der Waals surface area contributed by atoms with E-state index in [1.165, 1.54) is 10.9 Å². The zero-order valence-electron chi connectivity index (χ0n) is 11.8. The van der Waals surface area contributed by atoms with E-state index in [-0.39, 0.29) is 6.04 Å². The largest absolute Gasteiger partial charge is 0.329 e. The lowest BCUT2D eigenvalue weighted by molar-refractivity contribution is 0.214. The Hall–Kier alpha value is -1.45. The maximum absolute atomic E-state index is 6.03. The van der Waals surface area contributed by atoms with Crippen LogP contribution in [0.15, 0.2) is 36.5 Å². The van der Waals surface area contributed by atoms with Crippen molar-refractivity contribution in [2.24, 2.45) is 5.73 Å². The predicted molar refractivity (Wildman–Crippen MR) is 81.1 cm³/mol. The normalized spacial score (nSPS) is 13.1. The molecule has 0 aliphatic rings. The molecule has 3 heteroatoms. The Morgan fingerprint density at radius 3 is 2.68 bits per heavy atom. The molecular weight excluding hydrogens is 234 g/mol. The summed E-state index contributed by atoms with van der Waals surface area (Å²) in [5.74, 6) is 0. The van der Waals surface area contributed by atoms with Crippen LogP contribution in [-0.2, 0) is 0 Å². The monoisotopic (exact) mass is 257 g/mol. The van der Waals surface area contributed by atoms with Crippen LogP contribution < -0.4 is 5.73 Å². The predicted octanol–water partition coefficient (Wildman–Crippen LogP) is 2.97. The molecule has 1 heterocycles. The quantitative estimate of drug-likeness (QED) is 0.865. The first kappa shape index (κ1) is 14.0. The van der Waals surface area contributed by atoms with Crippen molar-refractivity contribution in [1.82, 2.24) is 9.88 Å². The van der Waals surface area contributed by atoms with Gasteiger partial charge < -0.3 is 5.73 Å². The highest BCUT2D eigenvalue weighted by molar-refractivity contribution is 5.82. The average Bonchev–Trinajstić information content (AvgIpc) is 2.47. The SMILES string of the molecule is CCCN(CC)C(CN)c1cccc2cccnc12. The van der Waals surface area contributed by atoms with Crippen LogP contribution in [-0.4, -0.2) is 29.5 Å². The molecule has 102 valence electrons. The van der Waals surface area contributed by atoms with Crippen molar-refractivity contribution in [3.05, 3.63) is 42.1 Å². The van der Waals surface area contributed by atoms with Gasteiger partial charge >= 0.3 is 0 Å². The first-order valence-corrected chi connectivity index (χ1v) is 7.09. The maximum atomic E-state index is 6.03. The van der Waals surface area contributed by atoms with Crippen LogP contribution in [0.4, 0.5) is 0 Å². The smallest absolute Gasteiger partial charge is 0.0750 e. The standard InChI is InChI=1S/C16H23N3/c1-3-11-19(4-2)15(12-17)14-9-5-7-13-8-6-10-18-16(13)14/h5-10,15H,3-4,11-12,17H2,1-2H3. The van der Waals surface area contributed by atoms with E-state index in [9.17, 15) is 0 Å². The highest BCUT2D eigenvalue weighted by Gasteiger charge is 2.19. The van der Waals surface area contributed by atoms with E-state index in [1.54, 1.807) is 0 Å². The third-order valence-corrected chi connectivity index (χ3v) is 3.60. The Bertz CT molecular complexity index is 519. The number of hydrogen-bond acceptors (Lipinski definition) is 3. The highest BCUT2D eigenvalue weighted by Crippen LogP contribution is 2.26. The van der Waals surface area contributed by atoms with Gasteiger partial charge in [0.1, 0.15) is 0 Å². The first-order valence-electron chi connectivity index (χ1n) is 7.09. The number of likely N-dealkylation sites (N-methyl/N-ethyl adjacent to an activating group) is 1.